The largest absolute Gasteiger partial charge is 0.480 e. The maximum Gasteiger partial charge on any atom is 0.327 e. The monoisotopic (exact) mass is 282 g/mol. The van der Waals surface area contributed by atoms with Crippen molar-refractivity contribution in [2.75, 3.05) is 18.1 Å². The first-order valence-corrected chi connectivity index (χ1v) is 7.57. The summed E-state index contributed by atoms with van der Waals surface area (Å²) in [6.07, 6.45) is 2.80. The Bertz CT molecular complexity index is 472. The van der Waals surface area contributed by atoms with E-state index in [0.29, 0.717) is 18.0 Å². The van der Waals surface area contributed by atoms with Gasteiger partial charge >= 0.3 is 5.97 Å². The Balaban J connectivity index is 2.21. The molecular weight excluding hydrogens is 264 g/mol. The molecule has 0 spiro atoms. The second kappa shape index (κ2) is 6.14. The number of thioether (sulfide) groups is 1. The average molecular weight is 282 g/mol. The first-order chi connectivity index (χ1) is 9.15. The molecule has 1 N–H and O–H groups in total. The first kappa shape index (κ1) is 14.0. The van der Waals surface area contributed by atoms with Crippen molar-refractivity contribution >= 4 is 23.6 Å². The summed E-state index contributed by atoms with van der Waals surface area (Å²) >= 11 is 1.58. The van der Waals surface area contributed by atoms with Crippen LogP contribution in [0.5, 0.6) is 0 Å². The summed E-state index contributed by atoms with van der Waals surface area (Å²) < 4.78 is 1.89. The van der Waals surface area contributed by atoms with Gasteiger partial charge in [0.15, 0.2) is 0 Å². The fourth-order valence-corrected chi connectivity index (χ4v) is 3.28. The van der Waals surface area contributed by atoms with Gasteiger partial charge in [0.25, 0.3) is 5.91 Å². The molecule has 2 rings (SSSR count). The van der Waals surface area contributed by atoms with E-state index in [-0.39, 0.29) is 5.91 Å². The lowest BCUT2D eigenvalue weighted by atomic mass is 10.2. The summed E-state index contributed by atoms with van der Waals surface area (Å²) in [7, 11) is 0. The Morgan fingerprint density at radius 1 is 1.53 bits per heavy atom. The zero-order valence-corrected chi connectivity index (χ0v) is 11.7. The van der Waals surface area contributed by atoms with Crippen molar-refractivity contribution in [1.82, 2.24) is 9.47 Å². The second-order valence-corrected chi connectivity index (χ2v) is 5.66. The molecule has 1 aromatic rings. The van der Waals surface area contributed by atoms with Gasteiger partial charge in [0.2, 0.25) is 0 Å². The van der Waals surface area contributed by atoms with Gasteiger partial charge < -0.3 is 14.6 Å². The minimum atomic E-state index is -0.922. The van der Waals surface area contributed by atoms with Crippen LogP contribution in [-0.2, 0) is 11.3 Å². The van der Waals surface area contributed by atoms with Crippen molar-refractivity contribution in [2.24, 2.45) is 0 Å². The van der Waals surface area contributed by atoms with E-state index in [4.69, 9.17) is 0 Å². The molecule has 1 atom stereocenters. The van der Waals surface area contributed by atoms with Gasteiger partial charge in [-0.3, -0.25) is 4.79 Å². The maximum absolute atomic E-state index is 12.5. The molecule has 1 aliphatic rings. The predicted molar refractivity (Wildman–Crippen MR) is 74.5 cm³/mol. The Kier molecular flexibility index (Phi) is 4.52. The predicted octanol–water partition coefficient (Wildman–Crippen LogP) is 1.54. The third kappa shape index (κ3) is 2.94. The highest BCUT2D eigenvalue weighted by molar-refractivity contribution is 7.99. The van der Waals surface area contributed by atoms with Crippen LogP contribution in [0.15, 0.2) is 18.3 Å². The molecule has 6 heteroatoms. The molecule has 1 amide bonds. The minimum Gasteiger partial charge on any atom is -0.480 e. The van der Waals surface area contributed by atoms with Gasteiger partial charge in [-0.25, -0.2) is 4.79 Å². The van der Waals surface area contributed by atoms with E-state index >= 15 is 0 Å². The summed E-state index contributed by atoms with van der Waals surface area (Å²) in [5, 5.41) is 9.21. The highest BCUT2D eigenvalue weighted by Gasteiger charge is 2.33. The lowest BCUT2D eigenvalue weighted by molar-refractivity contribution is -0.141. The van der Waals surface area contributed by atoms with E-state index in [9.17, 15) is 14.7 Å². The van der Waals surface area contributed by atoms with Crippen molar-refractivity contribution in [3.63, 3.8) is 0 Å². The molecule has 0 aliphatic carbocycles. The van der Waals surface area contributed by atoms with Gasteiger partial charge in [0.1, 0.15) is 11.7 Å². The van der Waals surface area contributed by atoms with Gasteiger partial charge in [0, 0.05) is 30.8 Å². The molecule has 0 radical (unpaired) electrons. The maximum atomic E-state index is 12.5. The van der Waals surface area contributed by atoms with Crippen LogP contribution in [-0.4, -0.2) is 50.5 Å². The van der Waals surface area contributed by atoms with Crippen molar-refractivity contribution in [2.45, 2.75) is 25.9 Å². The number of amides is 1. The number of hydrogen-bond donors (Lipinski definition) is 1. The molecule has 1 aromatic heterocycles. The molecule has 19 heavy (non-hydrogen) atoms. The molecule has 1 saturated heterocycles. The molecule has 104 valence electrons. The fraction of sp³-hybridized carbons (Fsp3) is 0.538. The lowest BCUT2D eigenvalue weighted by Crippen LogP contribution is -2.50. The van der Waals surface area contributed by atoms with Crippen LogP contribution in [0.1, 0.15) is 23.8 Å². The van der Waals surface area contributed by atoms with Crippen LogP contribution < -0.4 is 0 Å². The van der Waals surface area contributed by atoms with E-state index in [1.165, 1.54) is 4.90 Å². The van der Waals surface area contributed by atoms with Crippen molar-refractivity contribution < 1.29 is 14.7 Å². The Morgan fingerprint density at radius 3 is 3.00 bits per heavy atom. The molecular formula is C13H18N2O3S. The number of aliphatic carboxylic acids is 1. The number of rotatable bonds is 4. The highest BCUT2D eigenvalue weighted by Crippen LogP contribution is 2.19. The number of carboxylic acids is 1. The molecule has 5 nitrogen and oxygen atoms in total. The van der Waals surface area contributed by atoms with E-state index in [1.807, 2.05) is 23.8 Å². The number of hydrogen-bond acceptors (Lipinski definition) is 3. The van der Waals surface area contributed by atoms with Crippen LogP contribution >= 0.6 is 11.8 Å². The quantitative estimate of drug-likeness (QED) is 0.910. The van der Waals surface area contributed by atoms with Crippen molar-refractivity contribution in [3.05, 3.63) is 24.0 Å². The van der Waals surface area contributed by atoms with Crippen LogP contribution in [0.3, 0.4) is 0 Å². The molecule has 0 aromatic carbocycles. The summed E-state index contributed by atoms with van der Waals surface area (Å²) in [6.45, 7) is 3.32. The zero-order valence-electron chi connectivity index (χ0n) is 10.9. The highest BCUT2D eigenvalue weighted by atomic mass is 32.2. The van der Waals surface area contributed by atoms with Gasteiger partial charge in [-0.05, 0) is 18.6 Å². The van der Waals surface area contributed by atoms with E-state index in [0.717, 1.165) is 18.7 Å². The van der Waals surface area contributed by atoms with Crippen LogP contribution in [0, 0.1) is 0 Å². The number of carbonyl (C=O) groups excluding carboxylic acids is 1. The summed E-state index contributed by atoms with van der Waals surface area (Å²) in [4.78, 5) is 25.2. The third-order valence-corrected chi connectivity index (χ3v) is 4.21. The third-order valence-electron chi connectivity index (χ3n) is 3.19. The van der Waals surface area contributed by atoms with E-state index in [1.54, 1.807) is 17.8 Å². The number of nitrogens with zero attached hydrogens (tertiary/aromatic N) is 2. The number of carboxylic acid groups (broad SMARTS) is 1. The normalized spacial score (nSPS) is 19.4. The van der Waals surface area contributed by atoms with Crippen molar-refractivity contribution in [3.8, 4) is 0 Å². The standard InChI is InChI=1S/C13H18N2O3S/c1-2-5-14-6-3-4-10(14)12(16)15-7-8-19-9-11(15)13(17)18/h3-4,6,11H,2,5,7-9H2,1H3,(H,17,18). The number of carbonyl (C=O) groups is 2. The molecule has 1 fully saturated rings. The Morgan fingerprint density at radius 2 is 2.32 bits per heavy atom. The SMILES string of the molecule is CCCn1cccc1C(=O)N1CCSCC1C(=O)O. The van der Waals surface area contributed by atoms with Gasteiger partial charge in [-0.2, -0.15) is 11.8 Å². The average Bonchev–Trinajstić information content (AvgIpc) is 2.86. The second-order valence-electron chi connectivity index (χ2n) is 4.51. The smallest absolute Gasteiger partial charge is 0.327 e. The summed E-state index contributed by atoms with van der Waals surface area (Å²) in [5.74, 6) is 0.167. The molecule has 1 unspecified atom stereocenters. The first-order valence-electron chi connectivity index (χ1n) is 6.41. The zero-order chi connectivity index (χ0) is 13.8. The Hall–Kier alpha value is -1.43. The van der Waals surface area contributed by atoms with E-state index in [2.05, 4.69) is 0 Å². The van der Waals surface area contributed by atoms with Crippen LogP contribution in [0.2, 0.25) is 0 Å². The number of aryl methyl sites for hydroxylation is 1. The number of aromatic nitrogens is 1. The lowest BCUT2D eigenvalue weighted by Gasteiger charge is -2.32. The molecule has 0 bridgehead atoms. The van der Waals surface area contributed by atoms with Crippen LogP contribution in [0.4, 0.5) is 0 Å². The Labute approximate surface area is 116 Å². The molecule has 1 aliphatic heterocycles. The summed E-state index contributed by atoms with van der Waals surface area (Å²) in [6, 6.07) is 2.88. The topological polar surface area (TPSA) is 62.5 Å². The van der Waals surface area contributed by atoms with Gasteiger partial charge in [0.05, 0.1) is 0 Å². The molecule has 0 saturated carbocycles. The van der Waals surface area contributed by atoms with Crippen molar-refractivity contribution in [1.29, 1.82) is 0 Å². The molecule has 2 heterocycles. The van der Waals surface area contributed by atoms with E-state index < -0.39 is 12.0 Å². The van der Waals surface area contributed by atoms with Gasteiger partial charge in [-0.15, -0.1) is 0 Å². The van der Waals surface area contributed by atoms with Crippen LogP contribution in [0.25, 0.3) is 0 Å². The summed E-state index contributed by atoms with van der Waals surface area (Å²) in [5.41, 5.74) is 0.583. The van der Waals surface area contributed by atoms with Gasteiger partial charge in [-0.1, -0.05) is 6.92 Å². The fourth-order valence-electron chi connectivity index (χ4n) is 2.24. The minimum absolute atomic E-state index is 0.175.